The van der Waals surface area contributed by atoms with Gasteiger partial charge in [-0.2, -0.15) is 5.26 Å². The van der Waals surface area contributed by atoms with Gasteiger partial charge in [0.15, 0.2) is 0 Å². The maximum Gasteiger partial charge on any atom is 0.304 e. The van der Waals surface area contributed by atoms with E-state index in [2.05, 4.69) is 19.9 Å². The summed E-state index contributed by atoms with van der Waals surface area (Å²) in [6.07, 6.45) is 1.46. The molecule has 72 valence electrons. The number of hydrogen-bond donors (Lipinski definition) is 1. The topological polar surface area (TPSA) is 61.1 Å². The highest BCUT2D eigenvalue weighted by Crippen LogP contribution is 2.47. The summed E-state index contributed by atoms with van der Waals surface area (Å²) in [6, 6.07) is 2.19. The monoisotopic (exact) mass is 181 g/mol. The lowest BCUT2D eigenvalue weighted by atomic mass is 9.83. The minimum absolute atomic E-state index is 0.00181. The molecule has 1 aliphatic carbocycles. The Hall–Kier alpha value is -1.04. The molecule has 1 rings (SSSR count). The maximum atomic E-state index is 10.6. The van der Waals surface area contributed by atoms with Crippen LogP contribution in [-0.2, 0) is 4.79 Å². The summed E-state index contributed by atoms with van der Waals surface area (Å²) < 4.78 is 0. The van der Waals surface area contributed by atoms with E-state index in [9.17, 15) is 4.79 Å². The van der Waals surface area contributed by atoms with Gasteiger partial charge in [0, 0.05) is 0 Å². The third-order valence-electron chi connectivity index (χ3n) is 3.12. The van der Waals surface area contributed by atoms with Crippen molar-refractivity contribution in [2.75, 3.05) is 0 Å². The van der Waals surface area contributed by atoms with E-state index in [-0.39, 0.29) is 6.42 Å². The van der Waals surface area contributed by atoms with Crippen LogP contribution in [0.3, 0.4) is 0 Å². The molecule has 0 heterocycles. The zero-order valence-electron chi connectivity index (χ0n) is 8.08. The van der Waals surface area contributed by atoms with Gasteiger partial charge in [-0.15, -0.1) is 0 Å². The van der Waals surface area contributed by atoms with Crippen LogP contribution in [0.25, 0.3) is 0 Å². The van der Waals surface area contributed by atoms with Crippen molar-refractivity contribution >= 4 is 5.97 Å². The Morgan fingerprint density at radius 1 is 1.54 bits per heavy atom. The molecule has 0 aromatic rings. The molecule has 0 radical (unpaired) electrons. The number of carboxylic acid groups (broad SMARTS) is 1. The normalized spacial score (nSPS) is 38.5. The van der Waals surface area contributed by atoms with Crippen LogP contribution >= 0.6 is 0 Å². The fourth-order valence-corrected chi connectivity index (χ4v) is 2.28. The molecule has 0 spiro atoms. The predicted octanol–water partition coefficient (Wildman–Crippen LogP) is 2.04. The molecule has 1 fully saturated rings. The van der Waals surface area contributed by atoms with E-state index in [4.69, 9.17) is 10.4 Å². The fourth-order valence-electron chi connectivity index (χ4n) is 2.28. The Kier molecular flexibility index (Phi) is 2.60. The maximum absolute atomic E-state index is 10.6. The quantitative estimate of drug-likeness (QED) is 0.709. The second kappa shape index (κ2) is 3.37. The van der Waals surface area contributed by atoms with Crippen LogP contribution in [0.15, 0.2) is 0 Å². The molecule has 3 heteroatoms. The first kappa shape index (κ1) is 10.0. The van der Waals surface area contributed by atoms with E-state index in [1.165, 1.54) is 0 Å². The van der Waals surface area contributed by atoms with Gasteiger partial charge in [-0.25, -0.2) is 0 Å². The molecule has 3 nitrogen and oxygen atoms in total. The van der Waals surface area contributed by atoms with Gasteiger partial charge < -0.3 is 5.11 Å². The SMILES string of the molecule is CC1CC(C#N)(CC(=O)O)CC1C. The number of nitriles is 1. The van der Waals surface area contributed by atoms with Gasteiger partial charge in [0.1, 0.15) is 0 Å². The summed E-state index contributed by atoms with van der Waals surface area (Å²) in [7, 11) is 0. The number of aliphatic carboxylic acids is 1. The van der Waals surface area contributed by atoms with Crippen LogP contribution < -0.4 is 0 Å². The summed E-state index contributed by atoms with van der Waals surface area (Å²) in [5.41, 5.74) is -0.593. The molecule has 0 amide bonds. The minimum atomic E-state index is -0.858. The first-order chi connectivity index (χ1) is 5.99. The Morgan fingerprint density at radius 2 is 2.00 bits per heavy atom. The first-order valence-corrected chi connectivity index (χ1v) is 4.62. The van der Waals surface area contributed by atoms with Crippen molar-refractivity contribution in [1.29, 1.82) is 5.26 Å². The third-order valence-corrected chi connectivity index (χ3v) is 3.12. The molecule has 2 atom stereocenters. The largest absolute Gasteiger partial charge is 0.481 e. The van der Waals surface area contributed by atoms with Crippen LogP contribution in [0.2, 0.25) is 0 Å². The molecule has 0 bridgehead atoms. The summed E-state index contributed by atoms with van der Waals surface area (Å²) in [6.45, 7) is 4.18. The average molecular weight is 181 g/mol. The van der Waals surface area contributed by atoms with Gasteiger partial charge in [-0.3, -0.25) is 4.79 Å². The van der Waals surface area contributed by atoms with Crippen LogP contribution in [0, 0.1) is 28.6 Å². The van der Waals surface area contributed by atoms with E-state index in [0.29, 0.717) is 11.8 Å². The number of hydrogen-bond acceptors (Lipinski definition) is 2. The first-order valence-electron chi connectivity index (χ1n) is 4.62. The zero-order valence-corrected chi connectivity index (χ0v) is 8.08. The Balaban J connectivity index is 2.75. The molecule has 2 unspecified atom stereocenters. The van der Waals surface area contributed by atoms with Gasteiger partial charge in [0.05, 0.1) is 17.9 Å². The molecule has 0 aromatic carbocycles. The van der Waals surface area contributed by atoms with E-state index < -0.39 is 11.4 Å². The summed E-state index contributed by atoms with van der Waals surface area (Å²) in [5, 5.41) is 17.7. The van der Waals surface area contributed by atoms with Crippen molar-refractivity contribution < 1.29 is 9.90 Å². The Labute approximate surface area is 78.4 Å². The van der Waals surface area contributed by atoms with Crippen molar-refractivity contribution in [2.45, 2.75) is 33.1 Å². The van der Waals surface area contributed by atoms with Gasteiger partial charge in [-0.1, -0.05) is 13.8 Å². The van der Waals surface area contributed by atoms with Crippen molar-refractivity contribution in [3.8, 4) is 6.07 Å². The highest BCUT2D eigenvalue weighted by atomic mass is 16.4. The summed E-state index contributed by atoms with van der Waals surface area (Å²) >= 11 is 0. The Bertz CT molecular complexity index is 244. The smallest absolute Gasteiger partial charge is 0.304 e. The number of carboxylic acids is 1. The molecule has 1 aliphatic rings. The van der Waals surface area contributed by atoms with Crippen LogP contribution in [-0.4, -0.2) is 11.1 Å². The van der Waals surface area contributed by atoms with Crippen LogP contribution in [0.1, 0.15) is 33.1 Å². The molecule has 1 saturated carbocycles. The third kappa shape index (κ3) is 2.00. The van der Waals surface area contributed by atoms with Gasteiger partial charge in [0.25, 0.3) is 0 Å². The molecular weight excluding hydrogens is 166 g/mol. The number of carbonyl (C=O) groups is 1. The lowest BCUT2D eigenvalue weighted by Gasteiger charge is -2.17. The van der Waals surface area contributed by atoms with Gasteiger partial charge >= 0.3 is 5.97 Å². The van der Waals surface area contributed by atoms with Crippen molar-refractivity contribution in [3.63, 3.8) is 0 Å². The molecule has 0 saturated heterocycles. The number of nitrogens with zero attached hydrogens (tertiary/aromatic N) is 1. The molecular formula is C10H15NO2. The van der Waals surface area contributed by atoms with E-state index in [1.54, 1.807) is 0 Å². The van der Waals surface area contributed by atoms with Crippen molar-refractivity contribution in [3.05, 3.63) is 0 Å². The lowest BCUT2D eigenvalue weighted by Crippen LogP contribution is -2.19. The molecule has 0 aromatic heterocycles. The second-order valence-electron chi connectivity index (χ2n) is 4.33. The van der Waals surface area contributed by atoms with E-state index >= 15 is 0 Å². The number of rotatable bonds is 2. The fraction of sp³-hybridized carbons (Fsp3) is 0.800. The summed E-state index contributed by atoms with van der Waals surface area (Å²) in [4.78, 5) is 10.6. The zero-order chi connectivity index (χ0) is 10.1. The minimum Gasteiger partial charge on any atom is -0.481 e. The molecule has 0 aliphatic heterocycles. The van der Waals surface area contributed by atoms with Gasteiger partial charge in [0.2, 0.25) is 0 Å². The van der Waals surface area contributed by atoms with Crippen LogP contribution in [0.5, 0.6) is 0 Å². The standard InChI is InChI=1S/C10H15NO2/c1-7-3-10(6-11,4-8(7)2)5-9(12)13/h7-8H,3-5H2,1-2H3,(H,12,13). The van der Waals surface area contributed by atoms with Crippen molar-refractivity contribution in [2.24, 2.45) is 17.3 Å². The molecule has 13 heavy (non-hydrogen) atoms. The second-order valence-corrected chi connectivity index (χ2v) is 4.33. The van der Waals surface area contributed by atoms with E-state index in [1.807, 2.05) is 0 Å². The van der Waals surface area contributed by atoms with Crippen LogP contribution in [0.4, 0.5) is 0 Å². The lowest BCUT2D eigenvalue weighted by molar-refractivity contribution is -0.138. The average Bonchev–Trinajstić information content (AvgIpc) is 2.27. The predicted molar refractivity (Wildman–Crippen MR) is 47.9 cm³/mol. The highest BCUT2D eigenvalue weighted by Gasteiger charge is 2.43. The Morgan fingerprint density at radius 3 is 2.31 bits per heavy atom. The van der Waals surface area contributed by atoms with E-state index in [0.717, 1.165) is 12.8 Å². The van der Waals surface area contributed by atoms with Crippen molar-refractivity contribution in [1.82, 2.24) is 0 Å². The molecule has 1 N–H and O–H groups in total. The van der Waals surface area contributed by atoms with Gasteiger partial charge in [-0.05, 0) is 24.7 Å². The summed E-state index contributed by atoms with van der Waals surface area (Å²) in [5.74, 6) is 0.0841. The highest BCUT2D eigenvalue weighted by molar-refractivity contribution is 5.68.